The Morgan fingerprint density at radius 2 is 1.63 bits per heavy atom. The van der Waals surface area contributed by atoms with E-state index in [0.29, 0.717) is 25.9 Å². The van der Waals surface area contributed by atoms with Crippen LogP contribution in [-0.4, -0.2) is 36.5 Å². The predicted octanol–water partition coefficient (Wildman–Crippen LogP) is 1.19. The van der Waals surface area contributed by atoms with Crippen molar-refractivity contribution in [2.24, 2.45) is 0 Å². The Morgan fingerprint density at radius 1 is 1.05 bits per heavy atom. The van der Waals surface area contributed by atoms with E-state index in [1.807, 2.05) is 13.8 Å². The Hall–Kier alpha value is -1.10. The van der Waals surface area contributed by atoms with Gasteiger partial charge in [-0.15, -0.1) is 0 Å². The van der Waals surface area contributed by atoms with Gasteiger partial charge in [-0.3, -0.25) is 9.59 Å². The molecule has 0 heterocycles. The summed E-state index contributed by atoms with van der Waals surface area (Å²) in [6.45, 7) is 11.2. The van der Waals surface area contributed by atoms with Crippen LogP contribution in [0.3, 0.4) is 0 Å². The van der Waals surface area contributed by atoms with E-state index in [9.17, 15) is 9.59 Å². The topological polar surface area (TPSA) is 70.2 Å². The molecule has 0 fully saturated rings. The Morgan fingerprint density at radius 3 is 2.16 bits per heavy atom. The zero-order chi connectivity index (χ0) is 14.9. The normalized spacial score (nSPS) is 12.9. The fourth-order valence-electron chi connectivity index (χ4n) is 1.40. The monoisotopic (exact) mass is 271 g/mol. The van der Waals surface area contributed by atoms with Crippen molar-refractivity contribution >= 4 is 11.8 Å². The first-order valence-corrected chi connectivity index (χ1v) is 7.05. The van der Waals surface area contributed by atoms with E-state index in [4.69, 9.17) is 0 Å². The summed E-state index contributed by atoms with van der Waals surface area (Å²) in [6, 6.07) is 0.194. The van der Waals surface area contributed by atoms with Crippen LogP contribution in [0.4, 0.5) is 0 Å². The zero-order valence-corrected chi connectivity index (χ0v) is 12.9. The molecule has 1 unspecified atom stereocenters. The maximum Gasteiger partial charge on any atom is 0.221 e. The smallest absolute Gasteiger partial charge is 0.221 e. The highest BCUT2D eigenvalue weighted by molar-refractivity contribution is 5.79. The lowest BCUT2D eigenvalue weighted by molar-refractivity contribution is -0.122. The van der Waals surface area contributed by atoms with E-state index in [-0.39, 0.29) is 23.4 Å². The van der Waals surface area contributed by atoms with Crippen molar-refractivity contribution in [2.75, 3.05) is 13.1 Å². The Bertz CT molecular complexity index is 285. The molecule has 0 aliphatic carbocycles. The van der Waals surface area contributed by atoms with Crippen molar-refractivity contribution in [1.82, 2.24) is 16.0 Å². The molecule has 1 atom stereocenters. The molecule has 0 bridgehead atoms. The molecule has 0 saturated carbocycles. The summed E-state index contributed by atoms with van der Waals surface area (Å²) in [6.07, 6.45) is 1.68. The molecule has 0 rings (SSSR count). The van der Waals surface area contributed by atoms with Crippen molar-refractivity contribution in [3.8, 4) is 0 Å². The number of carbonyl (C=O) groups excluding carboxylic acids is 2. The molecular formula is C14H29N3O2. The third kappa shape index (κ3) is 11.7. The van der Waals surface area contributed by atoms with E-state index in [1.54, 1.807) is 0 Å². The van der Waals surface area contributed by atoms with Crippen LogP contribution in [0, 0.1) is 0 Å². The fourth-order valence-corrected chi connectivity index (χ4v) is 1.40. The first-order chi connectivity index (χ1) is 8.74. The van der Waals surface area contributed by atoms with Crippen molar-refractivity contribution in [1.29, 1.82) is 0 Å². The lowest BCUT2D eigenvalue weighted by Crippen LogP contribution is -2.39. The van der Waals surface area contributed by atoms with Crippen molar-refractivity contribution < 1.29 is 9.59 Å². The van der Waals surface area contributed by atoms with E-state index < -0.39 is 0 Å². The molecule has 5 nitrogen and oxygen atoms in total. The minimum Gasteiger partial charge on any atom is -0.356 e. The third-order valence-electron chi connectivity index (χ3n) is 2.70. The number of rotatable bonds is 8. The molecule has 0 radical (unpaired) electrons. The van der Waals surface area contributed by atoms with Gasteiger partial charge in [-0.05, 0) is 34.1 Å². The molecule has 112 valence electrons. The SMILES string of the molecule is CCC(C)NC(=O)CCNC(=O)CCNC(C)(C)C. The predicted molar refractivity (Wildman–Crippen MR) is 77.9 cm³/mol. The summed E-state index contributed by atoms with van der Waals surface area (Å²) in [4.78, 5) is 23.0. The summed E-state index contributed by atoms with van der Waals surface area (Å²) in [7, 11) is 0. The molecule has 0 aromatic carbocycles. The largest absolute Gasteiger partial charge is 0.356 e. The summed E-state index contributed by atoms with van der Waals surface area (Å²) in [5.74, 6) is -0.0319. The van der Waals surface area contributed by atoms with Crippen LogP contribution in [0.1, 0.15) is 53.9 Å². The highest BCUT2D eigenvalue weighted by atomic mass is 16.2. The summed E-state index contributed by atoms with van der Waals surface area (Å²) >= 11 is 0. The third-order valence-corrected chi connectivity index (χ3v) is 2.70. The van der Waals surface area contributed by atoms with Crippen LogP contribution < -0.4 is 16.0 Å². The van der Waals surface area contributed by atoms with Crippen molar-refractivity contribution in [3.63, 3.8) is 0 Å². The molecule has 3 N–H and O–H groups in total. The minimum atomic E-state index is -0.0203. The van der Waals surface area contributed by atoms with Gasteiger partial charge >= 0.3 is 0 Å². The second-order valence-corrected chi connectivity index (χ2v) is 5.90. The summed E-state index contributed by atoms with van der Waals surface area (Å²) in [5.41, 5.74) is 0.0243. The van der Waals surface area contributed by atoms with Gasteiger partial charge in [0.1, 0.15) is 0 Å². The lowest BCUT2D eigenvalue weighted by atomic mass is 10.1. The molecule has 2 amide bonds. The van der Waals surface area contributed by atoms with Crippen LogP contribution in [0.25, 0.3) is 0 Å². The van der Waals surface area contributed by atoms with E-state index in [1.165, 1.54) is 0 Å². The second kappa shape index (κ2) is 8.91. The Labute approximate surface area is 116 Å². The average molecular weight is 271 g/mol. The molecule has 0 spiro atoms. The van der Waals surface area contributed by atoms with Crippen LogP contribution in [0.5, 0.6) is 0 Å². The number of hydrogen-bond acceptors (Lipinski definition) is 3. The summed E-state index contributed by atoms with van der Waals surface area (Å²) < 4.78 is 0. The van der Waals surface area contributed by atoms with Crippen molar-refractivity contribution in [3.05, 3.63) is 0 Å². The van der Waals surface area contributed by atoms with Crippen LogP contribution in [-0.2, 0) is 9.59 Å². The van der Waals surface area contributed by atoms with Gasteiger partial charge < -0.3 is 16.0 Å². The van der Waals surface area contributed by atoms with Gasteiger partial charge in [0.15, 0.2) is 0 Å². The molecule has 0 aromatic rings. The molecule has 0 saturated heterocycles. The van der Waals surface area contributed by atoms with Gasteiger partial charge in [0, 0.05) is 37.5 Å². The highest BCUT2D eigenvalue weighted by Gasteiger charge is 2.10. The Kier molecular flexibility index (Phi) is 8.39. The van der Waals surface area contributed by atoms with Gasteiger partial charge in [-0.1, -0.05) is 6.92 Å². The standard InChI is InChI=1S/C14H29N3O2/c1-6-11(2)17-13(19)7-9-15-12(18)8-10-16-14(3,4)5/h11,16H,6-10H2,1-5H3,(H,15,18)(H,17,19). The van der Waals surface area contributed by atoms with E-state index in [2.05, 4.69) is 36.7 Å². The maximum atomic E-state index is 11.5. The van der Waals surface area contributed by atoms with Gasteiger partial charge in [-0.25, -0.2) is 0 Å². The van der Waals surface area contributed by atoms with Crippen LogP contribution in [0.2, 0.25) is 0 Å². The van der Waals surface area contributed by atoms with Gasteiger partial charge in [0.2, 0.25) is 11.8 Å². The molecule has 5 heteroatoms. The molecule has 0 aliphatic heterocycles. The zero-order valence-electron chi connectivity index (χ0n) is 12.9. The molecule has 0 aliphatic rings. The highest BCUT2D eigenvalue weighted by Crippen LogP contribution is 1.97. The number of hydrogen-bond donors (Lipinski definition) is 3. The average Bonchev–Trinajstić information content (AvgIpc) is 2.26. The lowest BCUT2D eigenvalue weighted by Gasteiger charge is -2.20. The van der Waals surface area contributed by atoms with E-state index in [0.717, 1.165) is 6.42 Å². The molecule has 0 aromatic heterocycles. The van der Waals surface area contributed by atoms with Gasteiger partial charge in [0.25, 0.3) is 0 Å². The maximum absolute atomic E-state index is 11.5. The van der Waals surface area contributed by atoms with Crippen LogP contribution >= 0.6 is 0 Å². The van der Waals surface area contributed by atoms with Gasteiger partial charge in [0.05, 0.1) is 0 Å². The first-order valence-electron chi connectivity index (χ1n) is 7.05. The number of carbonyl (C=O) groups is 2. The Balaban J connectivity index is 3.61. The number of amides is 2. The summed E-state index contributed by atoms with van der Waals surface area (Å²) in [5, 5.41) is 8.86. The quantitative estimate of drug-likeness (QED) is 0.621. The van der Waals surface area contributed by atoms with Crippen molar-refractivity contribution in [2.45, 2.75) is 65.5 Å². The molecular weight excluding hydrogens is 242 g/mol. The second-order valence-electron chi connectivity index (χ2n) is 5.90. The molecule has 19 heavy (non-hydrogen) atoms. The number of nitrogens with one attached hydrogen (secondary N) is 3. The minimum absolute atomic E-state index is 0.0116. The van der Waals surface area contributed by atoms with Crippen LogP contribution in [0.15, 0.2) is 0 Å². The first kappa shape index (κ1) is 17.9. The fraction of sp³-hybridized carbons (Fsp3) is 0.857. The van der Waals surface area contributed by atoms with Gasteiger partial charge in [-0.2, -0.15) is 0 Å². The van der Waals surface area contributed by atoms with E-state index >= 15 is 0 Å².